The molecule has 0 spiro atoms. The summed E-state index contributed by atoms with van der Waals surface area (Å²) in [5.74, 6) is 1.10. The van der Waals surface area contributed by atoms with Crippen LogP contribution >= 0.6 is 0 Å². The van der Waals surface area contributed by atoms with E-state index in [2.05, 4.69) is 41.9 Å². The number of rotatable bonds is 7. The van der Waals surface area contributed by atoms with E-state index in [4.69, 9.17) is 9.72 Å². The van der Waals surface area contributed by atoms with Crippen molar-refractivity contribution in [2.45, 2.75) is 39.5 Å². The summed E-state index contributed by atoms with van der Waals surface area (Å²) in [5.41, 5.74) is 2.30. The number of hydrogen-bond donors (Lipinski definition) is 1. The molecule has 1 aromatic heterocycles. The lowest BCUT2D eigenvalue weighted by Crippen LogP contribution is -2.26. The lowest BCUT2D eigenvalue weighted by atomic mass is 10.3. The molecule has 104 valence electrons. The average Bonchev–Trinajstić information content (AvgIpc) is 2.77. The van der Waals surface area contributed by atoms with E-state index in [0.29, 0.717) is 0 Å². The Kier molecular flexibility index (Phi) is 4.93. The van der Waals surface area contributed by atoms with Crippen molar-refractivity contribution in [3.05, 3.63) is 30.1 Å². The highest BCUT2D eigenvalue weighted by Gasteiger charge is 2.09. The first kappa shape index (κ1) is 14.0. The lowest BCUT2D eigenvalue weighted by molar-refractivity contribution is 0.116. The normalized spacial score (nSPS) is 13.0. The fourth-order valence-electron chi connectivity index (χ4n) is 2.20. The van der Waals surface area contributed by atoms with Crippen LogP contribution in [0.2, 0.25) is 0 Å². The van der Waals surface area contributed by atoms with E-state index >= 15 is 0 Å². The molecule has 19 heavy (non-hydrogen) atoms. The maximum atomic E-state index is 5.24. The maximum Gasteiger partial charge on any atom is 0.123 e. The molecule has 0 bridgehead atoms. The highest BCUT2D eigenvalue weighted by molar-refractivity contribution is 5.75. The van der Waals surface area contributed by atoms with Gasteiger partial charge in [-0.2, -0.15) is 0 Å². The zero-order chi connectivity index (χ0) is 13.7. The molecule has 4 nitrogen and oxygen atoms in total. The second-order valence-electron chi connectivity index (χ2n) is 4.85. The van der Waals surface area contributed by atoms with E-state index in [9.17, 15) is 0 Å². The second kappa shape index (κ2) is 6.68. The molecule has 4 heteroatoms. The fourth-order valence-corrected chi connectivity index (χ4v) is 2.20. The molecule has 1 heterocycles. The molecule has 0 saturated carbocycles. The van der Waals surface area contributed by atoms with Crippen molar-refractivity contribution in [2.75, 3.05) is 13.7 Å². The summed E-state index contributed by atoms with van der Waals surface area (Å²) in [6, 6.07) is 8.32. The van der Waals surface area contributed by atoms with Crippen LogP contribution < -0.4 is 5.32 Å². The topological polar surface area (TPSA) is 39.1 Å². The Balaban J connectivity index is 2.14. The maximum absolute atomic E-state index is 5.24. The van der Waals surface area contributed by atoms with Crippen LogP contribution in [0, 0.1) is 0 Å². The van der Waals surface area contributed by atoms with Gasteiger partial charge in [0.1, 0.15) is 5.82 Å². The van der Waals surface area contributed by atoms with Crippen LogP contribution in [-0.4, -0.2) is 29.3 Å². The van der Waals surface area contributed by atoms with Gasteiger partial charge in [0.2, 0.25) is 0 Å². The summed E-state index contributed by atoms with van der Waals surface area (Å²) in [4.78, 5) is 4.71. The monoisotopic (exact) mass is 261 g/mol. The van der Waals surface area contributed by atoms with Crippen molar-refractivity contribution in [2.24, 2.45) is 0 Å². The number of aromatic nitrogens is 2. The predicted octanol–water partition coefficient (Wildman–Crippen LogP) is 2.57. The molecule has 0 radical (unpaired) electrons. The quantitative estimate of drug-likeness (QED) is 0.832. The molecule has 2 rings (SSSR count). The number of para-hydroxylation sites is 2. The highest BCUT2D eigenvalue weighted by atomic mass is 16.5. The summed E-state index contributed by atoms with van der Waals surface area (Å²) in [6.07, 6.45) is 1.34. The Hall–Kier alpha value is -1.39. The molecule has 1 atom stereocenters. The largest absolute Gasteiger partial charge is 0.380 e. The van der Waals surface area contributed by atoms with E-state index < -0.39 is 0 Å². The number of methoxy groups -OCH3 is 1. The number of imidazole rings is 1. The van der Waals surface area contributed by atoms with Crippen LogP contribution in [0.25, 0.3) is 11.0 Å². The minimum Gasteiger partial charge on any atom is -0.380 e. The van der Waals surface area contributed by atoms with Crippen LogP contribution in [0.4, 0.5) is 0 Å². The van der Waals surface area contributed by atoms with Crippen molar-refractivity contribution in [3.63, 3.8) is 0 Å². The van der Waals surface area contributed by atoms with Crippen LogP contribution in [0.15, 0.2) is 24.3 Å². The van der Waals surface area contributed by atoms with Crippen LogP contribution in [0.1, 0.15) is 26.1 Å². The van der Waals surface area contributed by atoms with Crippen molar-refractivity contribution >= 4 is 11.0 Å². The molecular formula is C15H23N3O. The molecule has 1 unspecified atom stereocenters. The van der Waals surface area contributed by atoms with Gasteiger partial charge >= 0.3 is 0 Å². The minimum atomic E-state index is 0.226. The number of fused-ring (bicyclic) bond motifs is 1. The first-order valence-electron chi connectivity index (χ1n) is 6.94. The van der Waals surface area contributed by atoms with Gasteiger partial charge in [-0.15, -0.1) is 0 Å². The third-order valence-electron chi connectivity index (χ3n) is 3.30. The van der Waals surface area contributed by atoms with Crippen LogP contribution in [-0.2, 0) is 17.8 Å². The molecule has 1 N–H and O–H groups in total. The SMILES string of the molecule is CCCn1c(CNCC(C)OC)nc2ccccc21. The van der Waals surface area contributed by atoms with Crippen molar-refractivity contribution < 1.29 is 4.74 Å². The summed E-state index contributed by atoms with van der Waals surface area (Å²) in [7, 11) is 1.73. The number of ether oxygens (including phenoxy) is 1. The Morgan fingerprint density at radius 1 is 1.37 bits per heavy atom. The van der Waals surface area contributed by atoms with Gasteiger partial charge < -0.3 is 14.6 Å². The van der Waals surface area contributed by atoms with Gasteiger partial charge in [0.15, 0.2) is 0 Å². The van der Waals surface area contributed by atoms with Crippen molar-refractivity contribution in [3.8, 4) is 0 Å². The number of nitrogens with zero attached hydrogens (tertiary/aromatic N) is 2. The Bertz CT molecular complexity index is 521. The molecule has 0 aliphatic carbocycles. The van der Waals surface area contributed by atoms with Gasteiger partial charge in [0.25, 0.3) is 0 Å². The molecular weight excluding hydrogens is 238 g/mol. The Morgan fingerprint density at radius 2 is 2.16 bits per heavy atom. The summed E-state index contributed by atoms with van der Waals surface area (Å²) < 4.78 is 7.54. The van der Waals surface area contributed by atoms with E-state index in [1.165, 1.54) is 5.52 Å². The molecule has 0 aliphatic rings. The molecule has 1 aromatic carbocycles. The zero-order valence-corrected chi connectivity index (χ0v) is 12.0. The van der Waals surface area contributed by atoms with Gasteiger partial charge in [-0.05, 0) is 25.5 Å². The fraction of sp³-hybridized carbons (Fsp3) is 0.533. The third kappa shape index (κ3) is 3.33. The van der Waals surface area contributed by atoms with Gasteiger partial charge in [-0.1, -0.05) is 19.1 Å². The minimum absolute atomic E-state index is 0.226. The molecule has 2 aromatic rings. The number of benzene rings is 1. The summed E-state index contributed by atoms with van der Waals surface area (Å²) >= 11 is 0. The standard InChI is InChI=1S/C15H23N3O/c1-4-9-18-14-8-6-5-7-13(14)17-15(18)11-16-10-12(2)19-3/h5-8,12,16H,4,9-11H2,1-3H3. The highest BCUT2D eigenvalue weighted by Crippen LogP contribution is 2.16. The average molecular weight is 261 g/mol. The lowest BCUT2D eigenvalue weighted by Gasteiger charge is -2.12. The summed E-state index contributed by atoms with van der Waals surface area (Å²) in [6.45, 7) is 6.88. The van der Waals surface area contributed by atoms with E-state index in [1.807, 2.05) is 6.07 Å². The number of nitrogens with one attached hydrogen (secondary N) is 1. The van der Waals surface area contributed by atoms with Gasteiger partial charge in [-0.25, -0.2) is 4.98 Å². The smallest absolute Gasteiger partial charge is 0.123 e. The van der Waals surface area contributed by atoms with E-state index in [0.717, 1.165) is 37.4 Å². The molecule has 0 aliphatic heterocycles. The van der Waals surface area contributed by atoms with E-state index in [-0.39, 0.29) is 6.10 Å². The van der Waals surface area contributed by atoms with Crippen LogP contribution in [0.5, 0.6) is 0 Å². The second-order valence-corrected chi connectivity index (χ2v) is 4.85. The van der Waals surface area contributed by atoms with Gasteiger partial charge in [0, 0.05) is 20.2 Å². The van der Waals surface area contributed by atoms with E-state index in [1.54, 1.807) is 7.11 Å². The van der Waals surface area contributed by atoms with Crippen LogP contribution in [0.3, 0.4) is 0 Å². The third-order valence-corrected chi connectivity index (χ3v) is 3.30. The molecule has 0 saturated heterocycles. The zero-order valence-electron chi connectivity index (χ0n) is 12.0. The van der Waals surface area contributed by atoms with Gasteiger partial charge in [-0.3, -0.25) is 0 Å². The molecule has 0 fully saturated rings. The first-order valence-corrected chi connectivity index (χ1v) is 6.94. The first-order chi connectivity index (χ1) is 9.26. The summed E-state index contributed by atoms with van der Waals surface area (Å²) in [5, 5.41) is 3.40. The van der Waals surface area contributed by atoms with Crippen molar-refractivity contribution in [1.82, 2.24) is 14.9 Å². The van der Waals surface area contributed by atoms with Gasteiger partial charge in [0.05, 0.1) is 23.7 Å². The number of aryl methyl sites for hydroxylation is 1. The number of hydrogen-bond acceptors (Lipinski definition) is 3. The predicted molar refractivity (Wildman–Crippen MR) is 78.2 cm³/mol. The Morgan fingerprint density at radius 3 is 2.89 bits per heavy atom. The molecule has 0 amide bonds. The van der Waals surface area contributed by atoms with Crippen molar-refractivity contribution in [1.29, 1.82) is 0 Å². The Labute approximate surface area is 114 Å².